The summed E-state index contributed by atoms with van der Waals surface area (Å²) in [5, 5.41) is 21.2. The molecule has 2 atom stereocenters. The monoisotopic (exact) mass is 463 g/mol. The summed E-state index contributed by atoms with van der Waals surface area (Å²) < 4.78 is 1.93. The summed E-state index contributed by atoms with van der Waals surface area (Å²) in [5.74, 6) is -0.949. The number of carbonyl (C=O) groups excluding carboxylic acids is 2. The minimum atomic E-state index is -0.789. The number of H-pyrrole nitrogens is 1. The molecule has 11 nitrogen and oxygen atoms in total. The van der Waals surface area contributed by atoms with Crippen LogP contribution in [-0.2, 0) is 9.59 Å². The molecule has 1 saturated heterocycles. The second kappa shape index (κ2) is 8.18. The molecule has 0 spiro atoms. The van der Waals surface area contributed by atoms with Crippen LogP contribution in [0, 0.1) is 17.2 Å². The summed E-state index contributed by atoms with van der Waals surface area (Å²) in [6.07, 6.45) is 5.97. The lowest BCUT2D eigenvalue weighted by Crippen LogP contribution is -2.41. The Morgan fingerprint density at radius 2 is 2.12 bits per heavy atom. The van der Waals surface area contributed by atoms with Crippen LogP contribution in [0.25, 0.3) is 21.9 Å². The van der Waals surface area contributed by atoms with Crippen LogP contribution in [0.2, 0.25) is 0 Å². The van der Waals surface area contributed by atoms with Crippen LogP contribution in [0.1, 0.15) is 24.3 Å². The number of pyridine rings is 1. The summed E-state index contributed by atoms with van der Waals surface area (Å²) in [6, 6.07) is 4.05. The molecule has 5 rings (SSSR count). The van der Waals surface area contributed by atoms with Crippen molar-refractivity contribution in [1.82, 2.24) is 30.0 Å². The Bertz CT molecular complexity index is 1410. The largest absolute Gasteiger partial charge is 0.351 e. The zero-order valence-corrected chi connectivity index (χ0v) is 18.8. The van der Waals surface area contributed by atoms with Crippen LogP contribution < -0.4 is 15.5 Å². The van der Waals surface area contributed by atoms with Crippen LogP contribution in [0.5, 0.6) is 0 Å². The van der Waals surface area contributed by atoms with Gasteiger partial charge in [-0.1, -0.05) is 18.3 Å². The van der Waals surface area contributed by atoms with Crippen molar-refractivity contribution in [2.75, 3.05) is 30.4 Å². The third-order valence-electron chi connectivity index (χ3n) is 6.02. The molecular formula is C21H21N9O2S. The fourth-order valence-electron chi connectivity index (χ4n) is 4.24. The number of rotatable bonds is 3. The fourth-order valence-corrected chi connectivity index (χ4v) is 4.99. The molecule has 1 aliphatic heterocycles. The van der Waals surface area contributed by atoms with E-state index in [-0.39, 0.29) is 6.04 Å². The van der Waals surface area contributed by atoms with E-state index in [0.717, 1.165) is 29.0 Å². The van der Waals surface area contributed by atoms with E-state index in [1.54, 1.807) is 12.4 Å². The summed E-state index contributed by atoms with van der Waals surface area (Å²) in [6.45, 7) is 3.65. The Labute approximate surface area is 192 Å². The van der Waals surface area contributed by atoms with Gasteiger partial charge in [0.05, 0.1) is 23.1 Å². The van der Waals surface area contributed by atoms with Gasteiger partial charge in [0.25, 0.3) is 0 Å². The van der Waals surface area contributed by atoms with Gasteiger partial charge in [-0.3, -0.25) is 14.3 Å². The maximum atomic E-state index is 12.3. The summed E-state index contributed by atoms with van der Waals surface area (Å²) in [5.41, 5.74) is 1.55. The maximum Gasteiger partial charge on any atom is 0.314 e. The van der Waals surface area contributed by atoms with Crippen LogP contribution >= 0.6 is 11.3 Å². The summed E-state index contributed by atoms with van der Waals surface area (Å²) in [4.78, 5) is 38.8. The molecule has 0 radical (unpaired) electrons. The van der Waals surface area contributed by atoms with Gasteiger partial charge in [-0.05, 0) is 18.4 Å². The van der Waals surface area contributed by atoms with Gasteiger partial charge < -0.3 is 20.5 Å². The summed E-state index contributed by atoms with van der Waals surface area (Å²) in [7, 11) is 1.40. The third-order valence-corrected chi connectivity index (χ3v) is 6.99. The Kier molecular flexibility index (Phi) is 5.18. The van der Waals surface area contributed by atoms with Gasteiger partial charge >= 0.3 is 11.8 Å². The molecule has 0 aromatic carbocycles. The third kappa shape index (κ3) is 3.56. The highest BCUT2D eigenvalue weighted by Crippen LogP contribution is 2.37. The molecule has 3 N–H and O–H groups in total. The first-order valence-corrected chi connectivity index (χ1v) is 11.3. The standard InChI is InChI=1S/C21H21N9O2S/c1-11-4-6-29(21-26-8-12(7-22)33-21)10-15(11)30-16-13-3-5-24-17(13)25-9-14(16)18(28-30)27-20(32)19(31)23-2/h3,5,8-9,11,15H,4,6,10H2,1-2H3,(H,23,31)(H,24,25)(H,27,28,32)/t11-,15+/m1/s1. The number of aromatic amines is 1. The van der Waals surface area contributed by atoms with E-state index >= 15 is 0 Å². The molecule has 168 valence electrons. The van der Waals surface area contributed by atoms with Crippen molar-refractivity contribution in [3.63, 3.8) is 0 Å². The quantitative estimate of drug-likeness (QED) is 0.394. The highest BCUT2D eigenvalue weighted by molar-refractivity contribution is 7.16. The van der Waals surface area contributed by atoms with Gasteiger partial charge in [-0.2, -0.15) is 10.4 Å². The van der Waals surface area contributed by atoms with Crippen LogP contribution in [0.4, 0.5) is 10.9 Å². The minimum Gasteiger partial charge on any atom is -0.351 e. The number of amides is 2. The van der Waals surface area contributed by atoms with E-state index in [1.165, 1.54) is 18.4 Å². The SMILES string of the molecule is CNC(=O)C(=O)Nc1nn([C@H]2CN(c3ncc(C#N)s3)CC[C@H]2C)c2c1cnc1[nH]ccc12. The number of nitrogens with one attached hydrogen (secondary N) is 3. The Balaban J connectivity index is 1.59. The molecule has 0 unspecified atom stereocenters. The van der Waals surface area contributed by atoms with Gasteiger partial charge in [0.2, 0.25) is 0 Å². The predicted molar refractivity (Wildman–Crippen MR) is 124 cm³/mol. The molecule has 33 heavy (non-hydrogen) atoms. The molecule has 4 aromatic rings. The van der Waals surface area contributed by atoms with E-state index in [2.05, 4.69) is 43.5 Å². The number of aromatic nitrogens is 5. The van der Waals surface area contributed by atoms with Gasteiger partial charge in [0, 0.05) is 37.9 Å². The maximum absolute atomic E-state index is 12.3. The molecule has 1 aliphatic rings. The molecule has 4 aromatic heterocycles. The van der Waals surface area contributed by atoms with E-state index in [1.807, 2.05) is 16.9 Å². The van der Waals surface area contributed by atoms with Crippen molar-refractivity contribution >= 4 is 56.0 Å². The molecule has 0 saturated carbocycles. The number of piperidine rings is 1. The first-order valence-electron chi connectivity index (χ1n) is 10.5. The summed E-state index contributed by atoms with van der Waals surface area (Å²) >= 11 is 1.37. The Morgan fingerprint density at radius 3 is 2.88 bits per heavy atom. The van der Waals surface area contributed by atoms with Crippen LogP contribution in [-0.4, -0.2) is 56.7 Å². The first-order chi connectivity index (χ1) is 16.0. The number of likely N-dealkylation sites (N-methyl/N-ethyl adjacent to an activating group) is 1. The van der Waals surface area contributed by atoms with Crippen molar-refractivity contribution in [1.29, 1.82) is 5.26 Å². The number of nitriles is 1. The van der Waals surface area contributed by atoms with Crippen molar-refractivity contribution in [3.8, 4) is 6.07 Å². The van der Waals surface area contributed by atoms with Crippen molar-refractivity contribution in [2.24, 2.45) is 5.92 Å². The molecule has 12 heteroatoms. The first kappa shape index (κ1) is 20.9. The van der Waals surface area contributed by atoms with Crippen molar-refractivity contribution in [3.05, 3.63) is 29.5 Å². The lowest BCUT2D eigenvalue weighted by atomic mass is 9.93. The molecule has 0 bridgehead atoms. The Morgan fingerprint density at radius 1 is 1.27 bits per heavy atom. The number of fused-ring (bicyclic) bond motifs is 3. The van der Waals surface area contributed by atoms with Gasteiger partial charge in [-0.25, -0.2) is 9.97 Å². The highest BCUT2D eigenvalue weighted by atomic mass is 32.1. The number of hydrogen-bond acceptors (Lipinski definition) is 8. The van der Waals surface area contributed by atoms with Gasteiger partial charge in [0.1, 0.15) is 16.6 Å². The normalized spacial score (nSPS) is 18.4. The number of nitrogens with zero attached hydrogens (tertiary/aromatic N) is 6. The molecule has 2 amide bonds. The number of anilines is 2. The molecule has 0 aliphatic carbocycles. The lowest BCUT2D eigenvalue weighted by molar-refractivity contribution is -0.135. The fraction of sp³-hybridized carbons (Fsp3) is 0.333. The van der Waals surface area contributed by atoms with Gasteiger partial charge in [0.15, 0.2) is 10.9 Å². The number of carbonyl (C=O) groups is 2. The molecule has 1 fully saturated rings. The lowest BCUT2D eigenvalue weighted by Gasteiger charge is -2.37. The highest BCUT2D eigenvalue weighted by Gasteiger charge is 2.32. The zero-order chi connectivity index (χ0) is 23.1. The number of thiazole rings is 1. The Hall–Kier alpha value is -3.98. The average molecular weight is 464 g/mol. The number of hydrogen-bond donors (Lipinski definition) is 3. The second-order valence-corrected chi connectivity index (χ2v) is 8.99. The van der Waals surface area contributed by atoms with Crippen LogP contribution in [0.15, 0.2) is 24.7 Å². The van der Waals surface area contributed by atoms with Gasteiger partial charge in [-0.15, -0.1) is 0 Å². The predicted octanol–water partition coefficient (Wildman–Crippen LogP) is 2.01. The molecule has 5 heterocycles. The van der Waals surface area contributed by atoms with Crippen molar-refractivity contribution < 1.29 is 9.59 Å². The van der Waals surface area contributed by atoms with Crippen molar-refractivity contribution in [2.45, 2.75) is 19.4 Å². The van der Waals surface area contributed by atoms with E-state index < -0.39 is 11.8 Å². The van der Waals surface area contributed by atoms with Crippen LogP contribution in [0.3, 0.4) is 0 Å². The zero-order valence-electron chi connectivity index (χ0n) is 18.0. The second-order valence-electron chi connectivity index (χ2n) is 7.99. The average Bonchev–Trinajstić information content (AvgIpc) is 3.57. The minimum absolute atomic E-state index is 0.0261. The van der Waals surface area contributed by atoms with E-state index in [0.29, 0.717) is 34.2 Å². The topological polar surface area (TPSA) is 145 Å². The van der Waals surface area contributed by atoms with E-state index in [4.69, 9.17) is 10.4 Å². The molecular weight excluding hydrogens is 442 g/mol. The smallest absolute Gasteiger partial charge is 0.314 e. The van der Waals surface area contributed by atoms with E-state index in [9.17, 15) is 9.59 Å².